The van der Waals surface area contributed by atoms with Crippen molar-refractivity contribution in [2.24, 2.45) is 0 Å². The second-order valence-electron chi connectivity index (χ2n) is 9.07. The topological polar surface area (TPSA) is 0 Å². The van der Waals surface area contributed by atoms with E-state index in [4.69, 9.17) is 23.2 Å². The average Bonchev–Trinajstić information content (AvgIpc) is 3.14. The molecule has 2 radical (unpaired) electrons. The minimum Gasteiger partial charge on any atom is -0.114 e. The molecule has 160 valence electrons. The van der Waals surface area contributed by atoms with Crippen molar-refractivity contribution >= 4 is 44.4 Å². The van der Waals surface area contributed by atoms with Crippen LogP contribution in [0.3, 0.4) is 0 Å². The van der Waals surface area contributed by atoms with Gasteiger partial charge in [0.2, 0.25) is 0 Å². The lowest BCUT2D eigenvalue weighted by atomic mass is 9.95. The fourth-order valence-electron chi connectivity index (χ4n) is 5.24. The monoisotopic (exact) mass is 472 g/mol. The van der Waals surface area contributed by atoms with Crippen LogP contribution in [0, 0.1) is 13.8 Å². The standard InChI is InChI=1S/C29H26Cl2Si/c1-18-10-8-14-25-23(18)16-20(3)28(25,30)32-29(31)21(4)24(17-22-12-6-5-7-13-22)27-19(2)11-9-15-26(27)29/h5-16H,17H2,1-4H3. The van der Waals surface area contributed by atoms with Crippen LogP contribution >= 0.6 is 23.2 Å². The third-order valence-electron chi connectivity index (χ3n) is 7.08. The van der Waals surface area contributed by atoms with Gasteiger partial charge in [0, 0.05) is 0 Å². The molecule has 2 atom stereocenters. The lowest BCUT2D eigenvalue weighted by Crippen LogP contribution is -2.40. The Bertz CT molecular complexity index is 1290. The van der Waals surface area contributed by atoms with Gasteiger partial charge in [-0.05, 0) is 84.2 Å². The average molecular weight is 474 g/mol. The lowest BCUT2D eigenvalue weighted by Gasteiger charge is -2.35. The molecule has 32 heavy (non-hydrogen) atoms. The molecular formula is C29H26Cl2Si. The summed E-state index contributed by atoms with van der Waals surface area (Å²) in [4.78, 5) is 0. The van der Waals surface area contributed by atoms with E-state index in [2.05, 4.69) is 101 Å². The molecule has 0 saturated carbocycles. The molecule has 0 spiro atoms. The second-order valence-corrected chi connectivity index (χ2v) is 12.6. The maximum absolute atomic E-state index is 7.67. The first-order valence-corrected chi connectivity index (χ1v) is 12.8. The first-order chi connectivity index (χ1) is 15.3. The van der Waals surface area contributed by atoms with Crippen LogP contribution in [0.15, 0.2) is 77.9 Å². The van der Waals surface area contributed by atoms with Crippen molar-refractivity contribution in [3.05, 3.63) is 117 Å². The predicted octanol–water partition coefficient (Wildman–Crippen LogP) is 7.94. The van der Waals surface area contributed by atoms with Crippen LogP contribution in [0.4, 0.5) is 0 Å². The number of fused-ring (bicyclic) bond motifs is 2. The molecule has 0 saturated heterocycles. The van der Waals surface area contributed by atoms with Crippen LogP contribution in [0.5, 0.6) is 0 Å². The van der Waals surface area contributed by atoms with Gasteiger partial charge in [0.05, 0.1) is 8.99 Å². The Labute approximate surface area is 203 Å². The van der Waals surface area contributed by atoms with Crippen LogP contribution in [0.25, 0.3) is 11.6 Å². The number of hydrogen-bond acceptors (Lipinski definition) is 0. The maximum Gasteiger partial charge on any atom is 0.118 e. The van der Waals surface area contributed by atoms with E-state index in [0.29, 0.717) is 0 Å². The summed E-state index contributed by atoms with van der Waals surface area (Å²) < 4.78 is -1.21. The molecule has 0 aliphatic heterocycles. The molecule has 0 amide bonds. The third-order valence-corrected chi connectivity index (χ3v) is 10.6. The van der Waals surface area contributed by atoms with Gasteiger partial charge in [0.25, 0.3) is 0 Å². The number of alkyl halides is 2. The number of hydrogen-bond donors (Lipinski definition) is 0. The molecule has 2 aliphatic rings. The molecule has 0 N–H and O–H groups in total. The first kappa shape index (κ1) is 21.8. The Hall–Kier alpha value is -2.06. The van der Waals surface area contributed by atoms with E-state index in [9.17, 15) is 0 Å². The van der Waals surface area contributed by atoms with E-state index in [1.807, 2.05) is 0 Å². The van der Waals surface area contributed by atoms with Gasteiger partial charge in [-0.2, -0.15) is 0 Å². The van der Waals surface area contributed by atoms with Gasteiger partial charge < -0.3 is 0 Å². The maximum atomic E-state index is 7.67. The fraction of sp³-hybridized carbons (Fsp3) is 0.241. The highest BCUT2D eigenvalue weighted by atomic mass is 35.5. The summed E-state index contributed by atoms with van der Waals surface area (Å²) in [5.74, 6) is 0. The normalized spacial score (nSPS) is 23.9. The molecule has 0 bridgehead atoms. The molecule has 3 heteroatoms. The van der Waals surface area contributed by atoms with Gasteiger partial charge in [0.15, 0.2) is 0 Å². The van der Waals surface area contributed by atoms with Gasteiger partial charge in [-0.15, -0.1) is 23.2 Å². The van der Waals surface area contributed by atoms with E-state index in [0.717, 1.165) is 6.42 Å². The predicted molar refractivity (Wildman–Crippen MR) is 140 cm³/mol. The quantitative estimate of drug-likeness (QED) is 0.267. The molecule has 0 fully saturated rings. The zero-order chi connectivity index (χ0) is 22.7. The Morgan fingerprint density at radius 2 is 1.38 bits per heavy atom. The summed E-state index contributed by atoms with van der Waals surface area (Å²) in [6.07, 6.45) is 3.13. The number of allylic oxidation sites excluding steroid dienone is 3. The van der Waals surface area contributed by atoms with Crippen molar-refractivity contribution in [3.8, 4) is 0 Å². The van der Waals surface area contributed by atoms with Crippen molar-refractivity contribution < 1.29 is 0 Å². The molecule has 5 rings (SSSR count). The molecular weight excluding hydrogens is 447 g/mol. The second kappa shape index (κ2) is 7.76. The summed E-state index contributed by atoms with van der Waals surface area (Å²) in [6.45, 7) is 8.71. The number of halogens is 2. The van der Waals surface area contributed by atoms with E-state index in [1.54, 1.807) is 0 Å². The third kappa shape index (κ3) is 3.17. The Morgan fingerprint density at radius 3 is 2.09 bits per heavy atom. The van der Waals surface area contributed by atoms with Gasteiger partial charge in [-0.3, -0.25) is 0 Å². The number of benzene rings is 3. The van der Waals surface area contributed by atoms with Crippen molar-refractivity contribution in [1.29, 1.82) is 0 Å². The molecule has 0 heterocycles. The van der Waals surface area contributed by atoms with Crippen LogP contribution in [-0.2, 0) is 15.4 Å². The van der Waals surface area contributed by atoms with Gasteiger partial charge in [-0.1, -0.05) is 78.4 Å². The molecule has 2 aliphatic carbocycles. The summed E-state index contributed by atoms with van der Waals surface area (Å²) in [5, 5.41) is 0. The summed E-state index contributed by atoms with van der Waals surface area (Å²) in [7, 11) is 0.284. The smallest absolute Gasteiger partial charge is 0.114 e. The first-order valence-electron chi connectivity index (χ1n) is 11.1. The van der Waals surface area contributed by atoms with Crippen LogP contribution in [0.1, 0.15) is 52.8 Å². The Kier molecular flexibility index (Phi) is 5.28. The van der Waals surface area contributed by atoms with E-state index in [-0.39, 0.29) is 9.52 Å². The summed E-state index contributed by atoms with van der Waals surface area (Å²) in [5.41, 5.74) is 12.6. The largest absolute Gasteiger partial charge is 0.118 e. The Morgan fingerprint density at radius 1 is 0.719 bits per heavy atom. The molecule has 3 aromatic rings. The summed E-state index contributed by atoms with van der Waals surface area (Å²) >= 11 is 15.2. The van der Waals surface area contributed by atoms with Gasteiger partial charge in [-0.25, -0.2) is 0 Å². The van der Waals surface area contributed by atoms with Gasteiger partial charge in [0.1, 0.15) is 9.52 Å². The van der Waals surface area contributed by atoms with Crippen LogP contribution in [-0.4, -0.2) is 9.52 Å². The van der Waals surface area contributed by atoms with E-state index in [1.165, 1.54) is 55.7 Å². The van der Waals surface area contributed by atoms with Crippen LogP contribution < -0.4 is 0 Å². The zero-order valence-electron chi connectivity index (χ0n) is 18.9. The number of aryl methyl sites for hydroxylation is 2. The molecule has 3 aromatic carbocycles. The highest BCUT2D eigenvalue weighted by Crippen LogP contribution is 2.56. The molecule has 2 unspecified atom stereocenters. The minimum atomic E-state index is -0.617. The van der Waals surface area contributed by atoms with E-state index >= 15 is 0 Å². The van der Waals surface area contributed by atoms with Crippen LogP contribution in [0.2, 0.25) is 0 Å². The number of rotatable bonds is 4. The van der Waals surface area contributed by atoms with Crippen molar-refractivity contribution in [2.75, 3.05) is 0 Å². The SMILES string of the molecule is CC1=Cc2c(C)cccc2C1(Cl)[Si]C1(Cl)C(C)=C(Cc2ccccc2)c2c(C)cccc21. The molecule has 0 nitrogen and oxygen atoms in total. The summed E-state index contributed by atoms with van der Waals surface area (Å²) in [6, 6.07) is 23.6. The molecule has 0 aromatic heterocycles. The highest BCUT2D eigenvalue weighted by molar-refractivity contribution is 6.69. The van der Waals surface area contributed by atoms with Gasteiger partial charge >= 0.3 is 0 Å². The van der Waals surface area contributed by atoms with E-state index < -0.39 is 8.99 Å². The van der Waals surface area contributed by atoms with Crippen molar-refractivity contribution in [1.82, 2.24) is 0 Å². The Balaban J connectivity index is 1.65. The lowest BCUT2D eigenvalue weighted by molar-refractivity contribution is 0.924. The fourth-order valence-corrected chi connectivity index (χ4v) is 8.50. The highest BCUT2D eigenvalue weighted by Gasteiger charge is 2.51. The zero-order valence-corrected chi connectivity index (χ0v) is 21.4. The van der Waals surface area contributed by atoms with Crippen molar-refractivity contribution in [3.63, 3.8) is 0 Å². The van der Waals surface area contributed by atoms with Crippen molar-refractivity contribution in [2.45, 2.75) is 43.1 Å². The minimum absolute atomic E-state index is 0.284.